The van der Waals surface area contributed by atoms with E-state index in [2.05, 4.69) is 0 Å². The van der Waals surface area contributed by atoms with E-state index >= 15 is 0 Å². The number of hydrogen-bond donors (Lipinski definition) is 0. The summed E-state index contributed by atoms with van der Waals surface area (Å²) in [7, 11) is 0. The van der Waals surface area contributed by atoms with Crippen LogP contribution in [0.3, 0.4) is 0 Å². The maximum Gasteiger partial charge on any atom is 0.205 e. The Kier molecular flexibility index (Phi) is 6.56. The van der Waals surface area contributed by atoms with Crippen molar-refractivity contribution >= 4 is 34.9 Å². The number of rotatable bonds is 8. The van der Waals surface area contributed by atoms with Gasteiger partial charge in [-0.2, -0.15) is 0 Å². The van der Waals surface area contributed by atoms with Crippen molar-refractivity contribution in [1.82, 2.24) is 0 Å². The quantitative estimate of drug-likeness (QED) is 0.257. The summed E-state index contributed by atoms with van der Waals surface area (Å²) in [4.78, 5) is 10.8. The van der Waals surface area contributed by atoms with Crippen LogP contribution in [0.1, 0.15) is 25.0 Å². The van der Waals surface area contributed by atoms with Gasteiger partial charge in [-0.25, -0.2) is 0 Å². The van der Waals surface area contributed by atoms with E-state index in [1.807, 2.05) is 56.3 Å². The van der Waals surface area contributed by atoms with Crippen molar-refractivity contribution in [2.24, 2.45) is 0 Å². The number of halogens is 1. The smallest absolute Gasteiger partial charge is 0.205 e. The van der Waals surface area contributed by atoms with Gasteiger partial charge in [0.05, 0.1) is 6.26 Å². The lowest BCUT2D eigenvalue weighted by atomic mass is 10.1. The molecule has 0 aliphatic carbocycles. The van der Waals surface area contributed by atoms with E-state index in [0.29, 0.717) is 35.3 Å². The van der Waals surface area contributed by atoms with Gasteiger partial charge < -0.3 is 13.9 Å². The maximum absolute atomic E-state index is 10.8. The van der Waals surface area contributed by atoms with Crippen LogP contribution >= 0.6 is 11.6 Å². The zero-order valence-corrected chi connectivity index (χ0v) is 16.5. The van der Waals surface area contributed by atoms with Gasteiger partial charge in [-0.3, -0.25) is 4.79 Å². The van der Waals surface area contributed by atoms with Gasteiger partial charge in [-0.1, -0.05) is 29.3 Å². The van der Waals surface area contributed by atoms with E-state index in [-0.39, 0.29) is 0 Å². The minimum absolute atomic E-state index is 0.324. The van der Waals surface area contributed by atoms with Crippen LogP contribution in [0.2, 0.25) is 5.02 Å². The van der Waals surface area contributed by atoms with Crippen LogP contribution in [-0.2, 0) is 11.4 Å². The van der Waals surface area contributed by atoms with Crippen LogP contribution in [-0.4, -0.2) is 12.9 Å². The number of carbonyl (C=O) groups is 1. The third-order valence-corrected chi connectivity index (χ3v) is 4.30. The lowest BCUT2D eigenvalue weighted by molar-refractivity contribution is -0.104. The number of aldehydes is 1. The summed E-state index contributed by atoms with van der Waals surface area (Å²) in [5.41, 5.74) is 3.46. The van der Waals surface area contributed by atoms with Crippen molar-refractivity contribution in [1.29, 1.82) is 0 Å². The Morgan fingerprint density at radius 2 is 1.89 bits per heavy atom. The predicted molar refractivity (Wildman–Crippen MR) is 112 cm³/mol. The molecule has 0 aliphatic heterocycles. The van der Waals surface area contributed by atoms with Gasteiger partial charge in [0.2, 0.25) is 5.75 Å². The van der Waals surface area contributed by atoms with Crippen molar-refractivity contribution in [2.75, 3.05) is 6.61 Å². The lowest BCUT2D eigenvalue weighted by Crippen LogP contribution is -2.02. The topological polar surface area (TPSA) is 48.7 Å². The molecule has 0 amide bonds. The first-order valence-electron chi connectivity index (χ1n) is 8.88. The van der Waals surface area contributed by atoms with E-state index in [1.165, 1.54) is 6.08 Å². The first-order chi connectivity index (χ1) is 13.6. The molecule has 0 aliphatic rings. The first-order valence-corrected chi connectivity index (χ1v) is 9.25. The molecule has 3 aromatic rings. The van der Waals surface area contributed by atoms with Gasteiger partial charge in [0, 0.05) is 16.0 Å². The van der Waals surface area contributed by atoms with Crippen LogP contribution in [0.15, 0.2) is 64.8 Å². The van der Waals surface area contributed by atoms with E-state index in [4.69, 9.17) is 25.5 Å². The third kappa shape index (κ3) is 4.84. The number of benzene rings is 2. The molecule has 3 rings (SSSR count). The number of furan rings is 1. The molecule has 0 saturated carbocycles. The maximum atomic E-state index is 10.8. The molecule has 5 heteroatoms. The largest absolute Gasteiger partial charge is 0.484 e. The lowest BCUT2D eigenvalue weighted by Gasteiger charge is -2.15. The molecule has 1 aromatic heterocycles. The summed E-state index contributed by atoms with van der Waals surface area (Å²) in [6, 6.07) is 11.2. The van der Waals surface area contributed by atoms with Gasteiger partial charge in [0.25, 0.3) is 0 Å². The SMILES string of the molecule is CC(C)=CCOc1c(OCc2ccc(Cl)cc2)c(/C=C\C=O)cc2ccoc12. The number of carbonyl (C=O) groups excluding carboxylic acids is 1. The third-order valence-electron chi connectivity index (χ3n) is 4.05. The van der Waals surface area contributed by atoms with E-state index < -0.39 is 0 Å². The molecule has 4 nitrogen and oxygen atoms in total. The number of ether oxygens (including phenoxy) is 2. The molecule has 0 unspecified atom stereocenters. The summed E-state index contributed by atoms with van der Waals surface area (Å²) in [5, 5.41) is 1.54. The van der Waals surface area contributed by atoms with Crippen molar-refractivity contribution in [2.45, 2.75) is 20.5 Å². The first kappa shape index (κ1) is 19.8. The standard InChI is InChI=1S/C23H21ClO4/c1-16(2)9-12-27-23-21-19(10-13-26-21)14-18(4-3-11-25)22(23)28-15-17-5-7-20(24)8-6-17/h3-11,13-14H,12,15H2,1-2H3/b4-3-. The van der Waals surface area contributed by atoms with E-state index in [1.54, 1.807) is 12.3 Å². The fourth-order valence-corrected chi connectivity index (χ4v) is 2.79. The van der Waals surface area contributed by atoms with Gasteiger partial charge >= 0.3 is 0 Å². The minimum atomic E-state index is 0.324. The molecular formula is C23H21ClO4. The fraction of sp³-hybridized carbons (Fsp3) is 0.174. The second-order valence-electron chi connectivity index (χ2n) is 6.47. The second-order valence-corrected chi connectivity index (χ2v) is 6.90. The highest BCUT2D eigenvalue weighted by Crippen LogP contribution is 2.41. The summed E-state index contributed by atoms with van der Waals surface area (Å²) in [6.45, 7) is 4.72. The molecule has 2 aromatic carbocycles. The number of allylic oxidation sites excluding steroid dienone is 2. The van der Waals surface area contributed by atoms with E-state index in [0.717, 1.165) is 28.4 Å². The second kappa shape index (κ2) is 9.29. The molecule has 144 valence electrons. The van der Waals surface area contributed by atoms with Crippen LogP contribution in [0.4, 0.5) is 0 Å². The van der Waals surface area contributed by atoms with Crippen molar-refractivity contribution in [3.8, 4) is 11.5 Å². The van der Waals surface area contributed by atoms with Crippen LogP contribution in [0.5, 0.6) is 11.5 Å². The van der Waals surface area contributed by atoms with Crippen LogP contribution in [0.25, 0.3) is 17.0 Å². The summed E-state index contributed by atoms with van der Waals surface area (Å²) in [6.07, 6.45) is 7.44. The average molecular weight is 397 g/mol. The van der Waals surface area contributed by atoms with Gasteiger partial charge in [0.15, 0.2) is 11.3 Å². The number of hydrogen-bond acceptors (Lipinski definition) is 4. The molecule has 0 bridgehead atoms. The van der Waals surface area contributed by atoms with Crippen molar-refractivity contribution in [3.05, 3.63) is 76.5 Å². The van der Waals surface area contributed by atoms with Crippen molar-refractivity contribution < 1.29 is 18.7 Å². The van der Waals surface area contributed by atoms with Crippen molar-refractivity contribution in [3.63, 3.8) is 0 Å². The molecule has 0 atom stereocenters. The molecule has 0 saturated heterocycles. The Morgan fingerprint density at radius 1 is 1.11 bits per heavy atom. The Balaban J connectivity index is 2.01. The Bertz CT molecular complexity index is 1010. The molecule has 0 radical (unpaired) electrons. The fourth-order valence-electron chi connectivity index (χ4n) is 2.66. The molecule has 0 N–H and O–H groups in total. The highest BCUT2D eigenvalue weighted by atomic mass is 35.5. The van der Waals surface area contributed by atoms with E-state index in [9.17, 15) is 4.79 Å². The predicted octanol–water partition coefficient (Wildman–Crippen LogP) is 6.22. The highest BCUT2D eigenvalue weighted by Gasteiger charge is 2.18. The Labute approximate surface area is 169 Å². The van der Waals surface area contributed by atoms with Crippen LogP contribution < -0.4 is 9.47 Å². The van der Waals surface area contributed by atoms with Gasteiger partial charge in [-0.15, -0.1) is 0 Å². The van der Waals surface area contributed by atoms with Gasteiger partial charge in [0.1, 0.15) is 19.5 Å². The number of fused-ring (bicyclic) bond motifs is 1. The highest BCUT2D eigenvalue weighted by molar-refractivity contribution is 6.30. The van der Waals surface area contributed by atoms with Gasteiger partial charge in [-0.05, 0) is 61.9 Å². The molecule has 28 heavy (non-hydrogen) atoms. The minimum Gasteiger partial charge on any atom is -0.484 e. The monoisotopic (exact) mass is 396 g/mol. The Hall–Kier alpha value is -2.98. The molecule has 1 heterocycles. The zero-order chi connectivity index (χ0) is 19.9. The molecule has 0 spiro atoms. The van der Waals surface area contributed by atoms with Crippen LogP contribution in [0, 0.1) is 0 Å². The summed E-state index contributed by atoms with van der Waals surface area (Å²) >= 11 is 5.95. The normalized spacial score (nSPS) is 11.0. The summed E-state index contributed by atoms with van der Waals surface area (Å²) < 4.78 is 17.8. The average Bonchev–Trinajstić information content (AvgIpc) is 3.14. The Morgan fingerprint density at radius 3 is 2.61 bits per heavy atom. The summed E-state index contributed by atoms with van der Waals surface area (Å²) in [5.74, 6) is 1.04. The molecule has 0 fully saturated rings. The zero-order valence-electron chi connectivity index (χ0n) is 15.8. The molecular weight excluding hydrogens is 376 g/mol.